The summed E-state index contributed by atoms with van der Waals surface area (Å²) in [4.78, 5) is 42.5. The number of carbonyl (C=O) groups is 3. The summed E-state index contributed by atoms with van der Waals surface area (Å²) < 4.78 is 6.20. The van der Waals surface area contributed by atoms with Gasteiger partial charge in [-0.25, -0.2) is 4.90 Å². The second kappa shape index (κ2) is 8.75. The number of amides is 3. The Morgan fingerprint density at radius 3 is 2.27 bits per heavy atom. The molecule has 1 saturated heterocycles. The lowest BCUT2D eigenvalue weighted by atomic mass is 10.1. The molecule has 3 amide bonds. The van der Waals surface area contributed by atoms with Gasteiger partial charge >= 0.3 is 0 Å². The molecule has 2 fully saturated rings. The first-order valence-corrected chi connectivity index (χ1v) is 11.2. The Labute approximate surface area is 189 Å². The molecule has 0 aromatic heterocycles. The van der Waals surface area contributed by atoms with Gasteiger partial charge in [-0.15, -0.1) is 0 Å². The van der Waals surface area contributed by atoms with Crippen molar-refractivity contribution in [3.8, 4) is 5.75 Å². The number of rotatable bonds is 5. The maximum atomic E-state index is 13.5. The van der Waals surface area contributed by atoms with E-state index in [4.69, 9.17) is 4.74 Å². The molecule has 0 N–H and O–H groups in total. The lowest BCUT2D eigenvalue weighted by Gasteiger charge is -2.33. The van der Waals surface area contributed by atoms with Crippen LogP contribution >= 0.6 is 22.6 Å². The zero-order chi connectivity index (χ0) is 21.3. The minimum absolute atomic E-state index is 0.0171. The van der Waals surface area contributed by atoms with Crippen LogP contribution in [0.15, 0.2) is 48.5 Å². The molecule has 156 valence electrons. The molecule has 6 nitrogen and oxygen atoms in total. The van der Waals surface area contributed by atoms with Gasteiger partial charge in [-0.05, 0) is 84.0 Å². The van der Waals surface area contributed by atoms with Crippen LogP contribution in [-0.4, -0.2) is 41.8 Å². The van der Waals surface area contributed by atoms with E-state index in [9.17, 15) is 14.4 Å². The molecule has 4 rings (SSSR count). The van der Waals surface area contributed by atoms with Crippen molar-refractivity contribution in [2.75, 3.05) is 12.0 Å². The first-order chi connectivity index (χ1) is 14.5. The van der Waals surface area contributed by atoms with Crippen LogP contribution < -0.4 is 9.64 Å². The molecule has 1 saturated carbocycles. The molecule has 1 unspecified atom stereocenters. The normalized spacial score (nSPS) is 19.4. The summed E-state index contributed by atoms with van der Waals surface area (Å²) in [5, 5.41) is 0. The Morgan fingerprint density at radius 2 is 1.67 bits per heavy atom. The summed E-state index contributed by atoms with van der Waals surface area (Å²) in [6.07, 6.45) is 3.76. The van der Waals surface area contributed by atoms with Gasteiger partial charge in [0.15, 0.2) is 0 Å². The van der Waals surface area contributed by atoms with E-state index in [1.165, 1.54) is 4.90 Å². The fourth-order valence-electron chi connectivity index (χ4n) is 4.32. The monoisotopic (exact) mass is 518 g/mol. The van der Waals surface area contributed by atoms with Crippen LogP contribution in [0.1, 0.15) is 42.5 Å². The molecule has 2 aliphatic rings. The van der Waals surface area contributed by atoms with Crippen LogP contribution in [-0.2, 0) is 9.59 Å². The van der Waals surface area contributed by atoms with Crippen molar-refractivity contribution in [1.82, 2.24) is 4.90 Å². The molecule has 0 bridgehead atoms. The molecular weight excluding hydrogens is 495 g/mol. The minimum atomic E-state index is -0.769. The fourth-order valence-corrected chi connectivity index (χ4v) is 4.68. The number of nitrogens with zero attached hydrogens (tertiary/aromatic N) is 2. The van der Waals surface area contributed by atoms with E-state index in [0.29, 0.717) is 17.0 Å². The zero-order valence-corrected chi connectivity index (χ0v) is 18.9. The Morgan fingerprint density at radius 1 is 1.03 bits per heavy atom. The zero-order valence-electron chi connectivity index (χ0n) is 16.7. The standard InChI is InChI=1S/C23H23IN2O4/c1-30-19-12-6-15(7-13-19)22(28)25(17-4-2-3-5-17)20-14-21(27)26(23(20)29)18-10-8-16(24)9-11-18/h6-13,17,20H,2-5,14H2,1H3. The number of methoxy groups -OCH3 is 1. The number of ether oxygens (including phenoxy) is 1. The molecule has 0 spiro atoms. The van der Waals surface area contributed by atoms with Crippen molar-refractivity contribution < 1.29 is 19.1 Å². The van der Waals surface area contributed by atoms with Crippen molar-refractivity contribution in [3.63, 3.8) is 0 Å². The third-order valence-electron chi connectivity index (χ3n) is 5.83. The van der Waals surface area contributed by atoms with E-state index in [1.807, 2.05) is 12.1 Å². The van der Waals surface area contributed by atoms with Crippen molar-refractivity contribution in [1.29, 1.82) is 0 Å². The highest BCUT2D eigenvalue weighted by molar-refractivity contribution is 14.1. The molecular formula is C23H23IN2O4. The number of anilines is 1. The quantitative estimate of drug-likeness (QED) is 0.443. The van der Waals surface area contributed by atoms with E-state index in [2.05, 4.69) is 22.6 Å². The maximum Gasteiger partial charge on any atom is 0.257 e. The predicted molar refractivity (Wildman–Crippen MR) is 121 cm³/mol. The molecule has 1 atom stereocenters. The van der Waals surface area contributed by atoms with E-state index in [-0.39, 0.29) is 30.2 Å². The van der Waals surface area contributed by atoms with Crippen molar-refractivity contribution in [3.05, 3.63) is 57.7 Å². The number of halogens is 1. The summed E-state index contributed by atoms with van der Waals surface area (Å²) in [5.74, 6) is -0.136. The van der Waals surface area contributed by atoms with Crippen LogP contribution in [0.3, 0.4) is 0 Å². The summed E-state index contributed by atoms with van der Waals surface area (Å²) in [7, 11) is 1.57. The first-order valence-electron chi connectivity index (χ1n) is 10.1. The third kappa shape index (κ3) is 3.95. The van der Waals surface area contributed by atoms with Crippen molar-refractivity contribution in [2.24, 2.45) is 0 Å². The smallest absolute Gasteiger partial charge is 0.257 e. The van der Waals surface area contributed by atoms with Gasteiger partial charge in [0.2, 0.25) is 5.91 Å². The molecule has 1 aliphatic heterocycles. The summed E-state index contributed by atoms with van der Waals surface area (Å²) in [6.45, 7) is 0. The molecule has 1 aliphatic carbocycles. The van der Waals surface area contributed by atoms with Gasteiger partial charge in [0.1, 0.15) is 11.8 Å². The van der Waals surface area contributed by atoms with Gasteiger partial charge in [0.25, 0.3) is 11.8 Å². The van der Waals surface area contributed by atoms with Crippen LogP contribution in [0.25, 0.3) is 0 Å². The highest BCUT2D eigenvalue weighted by Gasteiger charge is 2.47. The van der Waals surface area contributed by atoms with Crippen LogP contribution in [0, 0.1) is 3.57 Å². The second-order valence-corrected chi connectivity index (χ2v) is 8.89. The topological polar surface area (TPSA) is 66.9 Å². The molecule has 30 heavy (non-hydrogen) atoms. The molecule has 0 radical (unpaired) electrons. The summed E-state index contributed by atoms with van der Waals surface area (Å²) >= 11 is 2.18. The average Bonchev–Trinajstić information content (AvgIpc) is 3.38. The van der Waals surface area contributed by atoms with Crippen LogP contribution in [0.2, 0.25) is 0 Å². The molecule has 2 aromatic rings. The maximum absolute atomic E-state index is 13.5. The Kier molecular flexibility index (Phi) is 6.08. The fraction of sp³-hybridized carbons (Fsp3) is 0.348. The molecule has 7 heteroatoms. The number of imide groups is 1. The van der Waals surface area contributed by atoms with Gasteiger partial charge in [-0.3, -0.25) is 14.4 Å². The lowest BCUT2D eigenvalue weighted by molar-refractivity contribution is -0.123. The highest BCUT2D eigenvalue weighted by Crippen LogP contribution is 2.33. The number of carbonyl (C=O) groups excluding carboxylic acids is 3. The SMILES string of the molecule is COc1ccc(C(=O)N(C2CCCC2)C2CC(=O)N(c3ccc(I)cc3)C2=O)cc1. The predicted octanol–water partition coefficient (Wildman–Crippen LogP) is 4.02. The second-order valence-electron chi connectivity index (χ2n) is 7.64. The van der Waals surface area contributed by atoms with Crippen molar-refractivity contribution >= 4 is 46.0 Å². The largest absolute Gasteiger partial charge is 0.497 e. The van der Waals surface area contributed by atoms with E-state index in [0.717, 1.165) is 29.3 Å². The molecule has 1 heterocycles. The molecule has 2 aromatic carbocycles. The van der Waals surface area contributed by atoms with Crippen LogP contribution in [0.5, 0.6) is 5.75 Å². The number of benzene rings is 2. The summed E-state index contributed by atoms with van der Waals surface area (Å²) in [5.41, 5.74) is 1.05. The third-order valence-corrected chi connectivity index (χ3v) is 6.55. The summed E-state index contributed by atoms with van der Waals surface area (Å²) in [6, 6.07) is 13.4. The van der Waals surface area contributed by atoms with Crippen LogP contribution in [0.4, 0.5) is 5.69 Å². The lowest BCUT2D eigenvalue weighted by Crippen LogP contribution is -2.50. The van der Waals surface area contributed by atoms with Gasteiger partial charge in [-0.2, -0.15) is 0 Å². The Balaban J connectivity index is 1.65. The average molecular weight is 518 g/mol. The van der Waals surface area contributed by atoms with Crippen molar-refractivity contribution in [2.45, 2.75) is 44.2 Å². The van der Waals surface area contributed by atoms with Gasteiger partial charge in [0.05, 0.1) is 19.2 Å². The Hall–Kier alpha value is -2.42. The highest BCUT2D eigenvalue weighted by atomic mass is 127. The van der Waals surface area contributed by atoms with Gasteiger partial charge in [-0.1, -0.05) is 12.8 Å². The number of hydrogen-bond acceptors (Lipinski definition) is 4. The minimum Gasteiger partial charge on any atom is -0.497 e. The Bertz CT molecular complexity index is 952. The number of hydrogen-bond donors (Lipinski definition) is 0. The van der Waals surface area contributed by atoms with Gasteiger partial charge in [0, 0.05) is 15.2 Å². The van der Waals surface area contributed by atoms with E-state index < -0.39 is 6.04 Å². The van der Waals surface area contributed by atoms with Gasteiger partial charge < -0.3 is 9.64 Å². The van der Waals surface area contributed by atoms with E-state index in [1.54, 1.807) is 48.4 Å². The van der Waals surface area contributed by atoms with E-state index >= 15 is 0 Å². The first kappa shape index (κ1) is 20.8.